The van der Waals surface area contributed by atoms with Crippen molar-refractivity contribution in [2.45, 2.75) is 11.4 Å². The van der Waals surface area contributed by atoms with E-state index in [-0.39, 0.29) is 5.91 Å². The number of anilines is 1. The van der Waals surface area contributed by atoms with E-state index in [4.69, 9.17) is 10.5 Å². The number of thioether (sulfide) groups is 1. The van der Waals surface area contributed by atoms with Crippen molar-refractivity contribution in [1.29, 1.82) is 0 Å². The highest BCUT2D eigenvalue weighted by molar-refractivity contribution is 8.00. The summed E-state index contributed by atoms with van der Waals surface area (Å²) in [5, 5.41) is 2.85. The number of benzene rings is 2. The summed E-state index contributed by atoms with van der Waals surface area (Å²) in [7, 11) is 1.58. The molecule has 3 N–H and O–H groups in total. The van der Waals surface area contributed by atoms with Gasteiger partial charge in [-0.2, -0.15) is 0 Å². The third-order valence-electron chi connectivity index (χ3n) is 2.89. The Morgan fingerprint density at radius 1 is 1.24 bits per heavy atom. The Balaban J connectivity index is 1.92. The number of hydrogen-bond acceptors (Lipinski definition) is 4. The molecule has 110 valence electrons. The average molecular weight is 302 g/mol. The van der Waals surface area contributed by atoms with Crippen LogP contribution < -0.4 is 15.8 Å². The minimum atomic E-state index is -0.0670. The highest BCUT2D eigenvalue weighted by Crippen LogP contribution is 2.24. The van der Waals surface area contributed by atoms with E-state index in [0.29, 0.717) is 23.7 Å². The van der Waals surface area contributed by atoms with Gasteiger partial charge in [0.15, 0.2) is 0 Å². The van der Waals surface area contributed by atoms with Crippen LogP contribution in [0.3, 0.4) is 0 Å². The fourth-order valence-electron chi connectivity index (χ4n) is 1.85. The second-order valence-corrected chi connectivity index (χ2v) is 5.44. The quantitative estimate of drug-likeness (QED) is 0.805. The van der Waals surface area contributed by atoms with Gasteiger partial charge in [0.2, 0.25) is 5.91 Å². The van der Waals surface area contributed by atoms with E-state index in [1.165, 1.54) is 11.8 Å². The van der Waals surface area contributed by atoms with Crippen LogP contribution in [0.1, 0.15) is 5.56 Å². The maximum atomic E-state index is 12.0. The first kappa shape index (κ1) is 15.4. The minimum Gasteiger partial charge on any atom is -0.495 e. The van der Waals surface area contributed by atoms with E-state index in [0.717, 1.165) is 10.5 Å². The van der Waals surface area contributed by atoms with Gasteiger partial charge in [0.25, 0.3) is 0 Å². The van der Waals surface area contributed by atoms with Gasteiger partial charge in [-0.1, -0.05) is 24.3 Å². The molecule has 0 spiro atoms. The second kappa shape index (κ2) is 7.71. The molecule has 0 aromatic heterocycles. The van der Waals surface area contributed by atoms with Gasteiger partial charge in [-0.05, 0) is 29.8 Å². The highest BCUT2D eigenvalue weighted by atomic mass is 32.2. The van der Waals surface area contributed by atoms with Crippen LogP contribution in [0.4, 0.5) is 5.69 Å². The molecule has 0 aliphatic rings. The van der Waals surface area contributed by atoms with Crippen molar-refractivity contribution in [3.8, 4) is 5.75 Å². The molecule has 0 saturated heterocycles. The fraction of sp³-hybridized carbons (Fsp3) is 0.188. The number of carbonyl (C=O) groups excluding carboxylic acids is 1. The molecule has 1 amide bonds. The molecule has 0 unspecified atom stereocenters. The van der Waals surface area contributed by atoms with Gasteiger partial charge in [-0.25, -0.2) is 0 Å². The van der Waals surface area contributed by atoms with Crippen LogP contribution in [0.2, 0.25) is 0 Å². The lowest BCUT2D eigenvalue weighted by atomic mass is 10.2. The number of nitrogens with one attached hydrogen (secondary N) is 1. The summed E-state index contributed by atoms with van der Waals surface area (Å²) in [6.07, 6.45) is 0. The van der Waals surface area contributed by atoms with E-state index in [2.05, 4.69) is 5.32 Å². The van der Waals surface area contributed by atoms with E-state index < -0.39 is 0 Å². The van der Waals surface area contributed by atoms with Gasteiger partial charge in [0.05, 0.1) is 18.6 Å². The maximum Gasteiger partial charge on any atom is 0.234 e. The molecule has 5 heteroatoms. The topological polar surface area (TPSA) is 64.3 Å². The van der Waals surface area contributed by atoms with Crippen LogP contribution >= 0.6 is 11.8 Å². The van der Waals surface area contributed by atoms with Crippen molar-refractivity contribution in [3.63, 3.8) is 0 Å². The first-order valence-electron chi connectivity index (χ1n) is 6.57. The molecule has 2 aromatic rings. The van der Waals surface area contributed by atoms with Gasteiger partial charge in [-0.3, -0.25) is 4.79 Å². The summed E-state index contributed by atoms with van der Waals surface area (Å²) in [5.74, 6) is 0.926. The van der Waals surface area contributed by atoms with E-state index >= 15 is 0 Å². The molecule has 4 nitrogen and oxygen atoms in total. The lowest BCUT2D eigenvalue weighted by Crippen LogP contribution is -2.14. The highest BCUT2D eigenvalue weighted by Gasteiger charge is 2.07. The summed E-state index contributed by atoms with van der Waals surface area (Å²) in [6, 6.07) is 15.2. The molecule has 0 atom stereocenters. The Kier molecular flexibility index (Phi) is 5.66. The van der Waals surface area contributed by atoms with E-state index in [1.54, 1.807) is 7.11 Å². The normalized spacial score (nSPS) is 10.2. The summed E-state index contributed by atoms with van der Waals surface area (Å²) in [6.45, 7) is 0.502. The number of hydrogen-bond donors (Lipinski definition) is 2. The molecule has 2 rings (SSSR count). The molecule has 0 bridgehead atoms. The molecule has 0 aliphatic carbocycles. The third kappa shape index (κ3) is 4.51. The first-order chi connectivity index (χ1) is 10.2. The van der Waals surface area contributed by atoms with Crippen molar-refractivity contribution in [2.75, 3.05) is 18.2 Å². The van der Waals surface area contributed by atoms with Crippen molar-refractivity contribution in [3.05, 3.63) is 54.1 Å². The van der Waals surface area contributed by atoms with Crippen LogP contribution in [0.15, 0.2) is 53.4 Å². The van der Waals surface area contributed by atoms with Crippen LogP contribution in [0.5, 0.6) is 5.75 Å². The molecule has 21 heavy (non-hydrogen) atoms. The standard InChI is InChI=1S/C16H18N2O2S/c1-20-15-8-3-2-7-14(15)18-16(19)11-21-13-6-4-5-12(9-13)10-17/h2-9H,10-11,17H2,1H3,(H,18,19). The predicted octanol–water partition coefficient (Wildman–Crippen LogP) is 2.88. The first-order valence-corrected chi connectivity index (χ1v) is 7.56. The monoisotopic (exact) mass is 302 g/mol. The minimum absolute atomic E-state index is 0.0670. The lowest BCUT2D eigenvalue weighted by molar-refractivity contribution is -0.113. The van der Waals surface area contributed by atoms with E-state index in [9.17, 15) is 4.79 Å². The molecule has 0 radical (unpaired) electrons. The maximum absolute atomic E-state index is 12.0. The SMILES string of the molecule is COc1ccccc1NC(=O)CSc1cccc(CN)c1. The van der Waals surface area contributed by atoms with Crippen molar-refractivity contribution < 1.29 is 9.53 Å². The van der Waals surface area contributed by atoms with Crippen molar-refractivity contribution in [1.82, 2.24) is 0 Å². The van der Waals surface area contributed by atoms with Gasteiger partial charge in [-0.15, -0.1) is 11.8 Å². The Morgan fingerprint density at radius 3 is 2.81 bits per heavy atom. The Morgan fingerprint density at radius 2 is 2.05 bits per heavy atom. The molecular formula is C16H18N2O2S. The Labute approximate surface area is 128 Å². The Hall–Kier alpha value is -1.98. The summed E-state index contributed by atoms with van der Waals surface area (Å²) >= 11 is 1.48. The Bertz CT molecular complexity index is 617. The number of ether oxygens (including phenoxy) is 1. The largest absolute Gasteiger partial charge is 0.495 e. The summed E-state index contributed by atoms with van der Waals surface area (Å²) < 4.78 is 5.20. The number of methoxy groups -OCH3 is 1. The van der Waals surface area contributed by atoms with Gasteiger partial charge >= 0.3 is 0 Å². The van der Waals surface area contributed by atoms with Crippen molar-refractivity contribution >= 4 is 23.4 Å². The van der Waals surface area contributed by atoms with Gasteiger partial charge in [0.1, 0.15) is 5.75 Å². The van der Waals surface area contributed by atoms with Gasteiger partial charge in [0, 0.05) is 11.4 Å². The second-order valence-electron chi connectivity index (χ2n) is 4.39. The number of carbonyl (C=O) groups is 1. The van der Waals surface area contributed by atoms with Crippen LogP contribution in [-0.2, 0) is 11.3 Å². The predicted molar refractivity (Wildman–Crippen MR) is 86.7 cm³/mol. The fourth-order valence-corrected chi connectivity index (χ4v) is 2.62. The average Bonchev–Trinajstić information content (AvgIpc) is 2.53. The molecular weight excluding hydrogens is 284 g/mol. The molecule has 0 aliphatic heterocycles. The molecule has 2 aromatic carbocycles. The van der Waals surface area contributed by atoms with Crippen LogP contribution in [0, 0.1) is 0 Å². The number of nitrogens with two attached hydrogens (primary N) is 1. The van der Waals surface area contributed by atoms with E-state index in [1.807, 2.05) is 48.5 Å². The summed E-state index contributed by atoms with van der Waals surface area (Å²) in [5.41, 5.74) is 7.35. The number of para-hydroxylation sites is 2. The zero-order valence-corrected chi connectivity index (χ0v) is 12.7. The molecule has 0 saturated carbocycles. The third-order valence-corrected chi connectivity index (χ3v) is 3.88. The smallest absolute Gasteiger partial charge is 0.234 e. The van der Waals surface area contributed by atoms with Gasteiger partial charge < -0.3 is 15.8 Å². The number of amides is 1. The zero-order chi connectivity index (χ0) is 15.1. The molecule has 0 heterocycles. The zero-order valence-electron chi connectivity index (χ0n) is 11.8. The van der Waals surface area contributed by atoms with Crippen molar-refractivity contribution in [2.24, 2.45) is 5.73 Å². The summed E-state index contributed by atoms with van der Waals surface area (Å²) in [4.78, 5) is 13.0. The van der Waals surface area contributed by atoms with Crippen LogP contribution in [-0.4, -0.2) is 18.8 Å². The lowest BCUT2D eigenvalue weighted by Gasteiger charge is -2.09. The number of rotatable bonds is 6. The molecule has 0 fully saturated rings. The van der Waals surface area contributed by atoms with Crippen LogP contribution in [0.25, 0.3) is 0 Å².